The zero-order valence-corrected chi connectivity index (χ0v) is 10.2. The Hall–Kier alpha value is -1.31. The van der Waals surface area contributed by atoms with Gasteiger partial charge in [0.05, 0.1) is 0 Å². The average Bonchev–Trinajstić information content (AvgIpc) is 2.26. The van der Waals surface area contributed by atoms with Gasteiger partial charge < -0.3 is 0 Å². The Balaban J connectivity index is 2.29. The number of aryl methyl sites for hydroxylation is 1. The molecule has 2 N–H and O–H groups in total. The van der Waals surface area contributed by atoms with Crippen LogP contribution in [-0.4, -0.2) is 19.9 Å². The molecule has 1 aromatic carbocycles. The molecular formula is C12H12N2Se. The van der Waals surface area contributed by atoms with Crippen molar-refractivity contribution in [2.75, 3.05) is 5.73 Å². The second-order valence-corrected chi connectivity index (χ2v) is 5.49. The maximum absolute atomic E-state index is 5.98. The third-order valence-electron chi connectivity index (χ3n) is 2.13. The summed E-state index contributed by atoms with van der Waals surface area (Å²) in [5.74, 6) is 0. The molecule has 0 fully saturated rings. The van der Waals surface area contributed by atoms with Gasteiger partial charge in [0.25, 0.3) is 0 Å². The van der Waals surface area contributed by atoms with Gasteiger partial charge in [-0.05, 0) is 0 Å². The number of nitrogens with two attached hydrogens (primary N) is 1. The van der Waals surface area contributed by atoms with E-state index in [1.807, 2.05) is 37.4 Å². The molecule has 2 rings (SSSR count). The number of hydrogen-bond acceptors (Lipinski definition) is 2. The molecular weight excluding hydrogens is 251 g/mol. The normalized spacial score (nSPS) is 10.2. The molecule has 0 spiro atoms. The van der Waals surface area contributed by atoms with E-state index in [2.05, 4.69) is 17.1 Å². The van der Waals surface area contributed by atoms with Gasteiger partial charge in [-0.15, -0.1) is 0 Å². The third-order valence-corrected chi connectivity index (χ3v) is 4.28. The van der Waals surface area contributed by atoms with Gasteiger partial charge in [-0.3, -0.25) is 0 Å². The van der Waals surface area contributed by atoms with Crippen molar-refractivity contribution < 1.29 is 0 Å². The Morgan fingerprint density at radius 1 is 1.13 bits per heavy atom. The summed E-state index contributed by atoms with van der Waals surface area (Å²) >= 11 is 0.206. The van der Waals surface area contributed by atoms with Crippen molar-refractivity contribution in [2.45, 2.75) is 6.92 Å². The van der Waals surface area contributed by atoms with Gasteiger partial charge in [-0.1, -0.05) is 0 Å². The summed E-state index contributed by atoms with van der Waals surface area (Å²) in [6.07, 6.45) is 1.83. The number of hydrogen-bond donors (Lipinski definition) is 1. The number of anilines is 1. The van der Waals surface area contributed by atoms with Crippen LogP contribution >= 0.6 is 0 Å². The summed E-state index contributed by atoms with van der Waals surface area (Å²) in [5.41, 5.74) is 7.93. The molecule has 15 heavy (non-hydrogen) atoms. The molecule has 1 aromatic heterocycles. The van der Waals surface area contributed by atoms with E-state index in [-0.39, 0.29) is 15.0 Å². The van der Waals surface area contributed by atoms with Crippen molar-refractivity contribution in [1.29, 1.82) is 0 Å². The topological polar surface area (TPSA) is 38.9 Å². The minimum absolute atomic E-state index is 0.206. The second-order valence-electron chi connectivity index (χ2n) is 3.26. The molecule has 0 saturated carbocycles. The molecule has 0 amide bonds. The molecule has 2 aromatic rings. The summed E-state index contributed by atoms with van der Waals surface area (Å²) in [7, 11) is 0. The minimum atomic E-state index is 0.206. The standard InChI is InChI=1S/C12H12N2Se/c1-9-7-8-14-12(11(9)13)15-10-5-3-2-4-6-10/h2-8H,13H2,1H3. The molecule has 0 aliphatic carbocycles. The summed E-state index contributed by atoms with van der Waals surface area (Å²) in [6, 6.07) is 12.3. The molecule has 1 heterocycles. The summed E-state index contributed by atoms with van der Waals surface area (Å²) < 4.78 is 2.32. The van der Waals surface area contributed by atoms with Gasteiger partial charge in [0.1, 0.15) is 0 Å². The van der Waals surface area contributed by atoms with Crippen LogP contribution in [0.15, 0.2) is 42.6 Å². The van der Waals surface area contributed by atoms with Crippen molar-refractivity contribution in [3.05, 3.63) is 48.2 Å². The van der Waals surface area contributed by atoms with Gasteiger partial charge in [-0.25, -0.2) is 0 Å². The van der Waals surface area contributed by atoms with Crippen molar-refractivity contribution in [1.82, 2.24) is 4.98 Å². The number of nitrogens with zero attached hydrogens (tertiary/aromatic N) is 1. The van der Waals surface area contributed by atoms with Gasteiger partial charge in [0.15, 0.2) is 0 Å². The Kier molecular flexibility index (Phi) is 3.05. The Morgan fingerprint density at radius 2 is 1.87 bits per heavy atom. The van der Waals surface area contributed by atoms with E-state index in [4.69, 9.17) is 5.73 Å². The van der Waals surface area contributed by atoms with Crippen LogP contribution in [0, 0.1) is 6.92 Å². The molecule has 0 aliphatic heterocycles. The van der Waals surface area contributed by atoms with E-state index in [1.165, 1.54) is 4.46 Å². The van der Waals surface area contributed by atoms with Crippen LogP contribution < -0.4 is 14.8 Å². The van der Waals surface area contributed by atoms with E-state index in [1.54, 1.807) is 0 Å². The fourth-order valence-corrected chi connectivity index (χ4v) is 3.12. The Morgan fingerprint density at radius 3 is 2.60 bits per heavy atom. The molecule has 3 heteroatoms. The number of pyridine rings is 1. The number of aromatic nitrogens is 1. The van der Waals surface area contributed by atoms with E-state index >= 15 is 0 Å². The van der Waals surface area contributed by atoms with Crippen LogP contribution in [0.4, 0.5) is 5.69 Å². The monoisotopic (exact) mass is 264 g/mol. The first-order valence-electron chi connectivity index (χ1n) is 4.71. The van der Waals surface area contributed by atoms with E-state index in [0.717, 1.165) is 15.8 Å². The van der Waals surface area contributed by atoms with Crippen LogP contribution in [0.2, 0.25) is 0 Å². The average molecular weight is 263 g/mol. The molecule has 0 aliphatic rings. The quantitative estimate of drug-likeness (QED) is 0.807. The van der Waals surface area contributed by atoms with Gasteiger partial charge in [0.2, 0.25) is 0 Å². The fourth-order valence-electron chi connectivity index (χ4n) is 1.23. The van der Waals surface area contributed by atoms with E-state index < -0.39 is 0 Å². The number of benzene rings is 1. The van der Waals surface area contributed by atoms with Crippen molar-refractivity contribution in [3.8, 4) is 0 Å². The van der Waals surface area contributed by atoms with Crippen LogP contribution in [0.3, 0.4) is 0 Å². The number of rotatable bonds is 2. The molecule has 0 radical (unpaired) electrons. The van der Waals surface area contributed by atoms with Gasteiger partial charge in [-0.2, -0.15) is 0 Å². The van der Waals surface area contributed by atoms with Crippen molar-refractivity contribution >= 4 is 29.7 Å². The zero-order chi connectivity index (χ0) is 10.7. The van der Waals surface area contributed by atoms with Gasteiger partial charge in [0, 0.05) is 0 Å². The van der Waals surface area contributed by atoms with Crippen LogP contribution in [0.5, 0.6) is 0 Å². The first-order valence-corrected chi connectivity index (χ1v) is 6.42. The Labute approximate surface area is 95.7 Å². The zero-order valence-electron chi connectivity index (χ0n) is 8.47. The van der Waals surface area contributed by atoms with E-state index in [9.17, 15) is 0 Å². The van der Waals surface area contributed by atoms with Crippen LogP contribution in [0.1, 0.15) is 5.56 Å². The molecule has 0 saturated heterocycles. The molecule has 2 nitrogen and oxygen atoms in total. The first-order chi connectivity index (χ1) is 7.27. The van der Waals surface area contributed by atoms with Crippen molar-refractivity contribution in [3.63, 3.8) is 0 Å². The SMILES string of the molecule is Cc1ccnc([Se]c2ccccc2)c1N. The van der Waals surface area contributed by atoms with Gasteiger partial charge >= 0.3 is 95.5 Å². The number of nitrogen functional groups attached to an aromatic ring is 1. The predicted octanol–water partition coefficient (Wildman–Crippen LogP) is 0.627. The van der Waals surface area contributed by atoms with Crippen LogP contribution in [-0.2, 0) is 0 Å². The molecule has 0 unspecified atom stereocenters. The molecule has 0 bridgehead atoms. The first kappa shape index (κ1) is 10.2. The summed E-state index contributed by atoms with van der Waals surface area (Å²) in [5, 5.41) is 0. The van der Waals surface area contributed by atoms with Crippen LogP contribution in [0.25, 0.3) is 0 Å². The molecule has 76 valence electrons. The molecule has 0 atom stereocenters. The third kappa shape index (κ3) is 2.38. The van der Waals surface area contributed by atoms with Crippen molar-refractivity contribution in [2.24, 2.45) is 0 Å². The summed E-state index contributed by atoms with van der Waals surface area (Å²) in [6.45, 7) is 2.02. The predicted molar refractivity (Wildman–Crippen MR) is 64.9 cm³/mol. The summed E-state index contributed by atoms with van der Waals surface area (Å²) in [4.78, 5) is 4.34. The Bertz CT molecular complexity index is 454. The maximum atomic E-state index is 5.98. The van der Waals surface area contributed by atoms with E-state index in [0.29, 0.717) is 0 Å². The fraction of sp³-hybridized carbons (Fsp3) is 0.0833. The second kappa shape index (κ2) is 4.47.